The molecule has 2 nitrogen and oxygen atoms in total. The van der Waals surface area contributed by atoms with Gasteiger partial charge in [-0.15, -0.1) is 0 Å². The molecule has 1 heterocycles. The van der Waals surface area contributed by atoms with E-state index in [1.807, 2.05) is 6.07 Å². The monoisotopic (exact) mass is 283 g/mol. The Morgan fingerprint density at radius 1 is 1.31 bits per heavy atom. The van der Waals surface area contributed by atoms with Gasteiger partial charge >= 0.3 is 0 Å². The lowest BCUT2D eigenvalue weighted by Gasteiger charge is -2.26. The van der Waals surface area contributed by atoms with Crippen LogP contribution in [0.15, 0.2) is 16.6 Å². The minimum Gasteiger partial charge on any atom is -0.496 e. The van der Waals surface area contributed by atoms with Crippen molar-refractivity contribution in [1.82, 2.24) is 5.32 Å². The van der Waals surface area contributed by atoms with E-state index in [9.17, 15) is 0 Å². The Kier molecular flexibility index (Phi) is 3.87. The van der Waals surface area contributed by atoms with Crippen molar-refractivity contribution in [3.8, 4) is 5.75 Å². The van der Waals surface area contributed by atoms with Crippen LogP contribution in [0, 0.1) is 6.92 Å². The first-order chi connectivity index (χ1) is 7.74. The highest BCUT2D eigenvalue weighted by atomic mass is 79.9. The number of aryl methyl sites for hydroxylation is 1. The van der Waals surface area contributed by atoms with E-state index >= 15 is 0 Å². The molecule has 0 aliphatic carbocycles. The summed E-state index contributed by atoms with van der Waals surface area (Å²) in [5, 5.41) is 3.41. The van der Waals surface area contributed by atoms with Crippen LogP contribution in [0.1, 0.15) is 29.9 Å². The summed E-state index contributed by atoms with van der Waals surface area (Å²) >= 11 is 3.68. The third kappa shape index (κ3) is 2.25. The maximum Gasteiger partial charge on any atom is 0.133 e. The van der Waals surface area contributed by atoms with Crippen LogP contribution in [-0.2, 0) is 0 Å². The second kappa shape index (κ2) is 5.19. The van der Waals surface area contributed by atoms with Gasteiger partial charge in [0.15, 0.2) is 0 Å². The fourth-order valence-corrected chi connectivity index (χ4v) is 3.37. The molecule has 0 radical (unpaired) electrons. The molecule has 1 N–H and O–H groups in total. The first kappa shape index (κ1) is 11.9. The molecule has 1 aliphatic heterocycles. The van der Waals surface area contributed by atoms with Crippen molar-refractivity contribution in [2.24, 2.45) is 0 Å². The van der Waals surface area contributed by atoms with E-state index in [4.69, 9.17) is 4.74 Å². The normalized spacial score (nSPS) is 17.4. The number of rotatable bonds is 2. The van der Waals surface area contributed by atoms with E-state index in [1.54, 1.807) is 7.11 Å². The van der Waals surface area contributed by atoms with E-state index in [0.29, 0.717) is 5.92 Å². The Hall–Kier alpha value is -0.540. The van der Waals surface area contributed by atoms with Gasteiger partial charge in [-0.05, 0) is 71.9 Å². The summed E-state index contributed by atoms with van der Waals surface area (Å²) in [6.45, 7) is 4.42. The van der Waals surface area contributed by atoms with Crippen molar-refractivity contribution in [3.63, 3.8) is 0 Å². The minimum absolute atomic E-state index is 0.658. The quantitative estimate of drug-likeness (QED) is 0.900. The Bertz CT molecular complexity index is 372. The van der Waals surface area contributed by atoms with Gasteiger partial charge in [-0.2, -0.15) is 0 Å². The molecule has 1 fully saturated rings. The molecular formula is C13H18BrNO. The van der Waals surface area contributed by atoms with Gasteiger partial charge in [-0.1, -0.05) is 6.07 Å². The van der Waals surface area contributed by atoms with Crippen molar-refractivity contribution in [2.45, 2.75) is 25.7 Å². The zero-order valence-electron chi connectivity index (χ0n) is 9.85. The van der Waals surface area contributed by atoms with Crippen LogP contribution >= 0.6 is 15.9 Å². The first-order valence-electron chi connectivity index (χ1n) is 5.77. The minimum atomic E-state index is 0.658. The summed E-state index contributed by atoms with van der Waals surface area (Å²) in [4.78, 5) is 0. The van der Waals surface area contributed by atoms with Crippen molar-refractivity contribution in [1.29, 1.82) is 0 Å². The molecule has 1 saturated heterocycles. The van der Waals surface area contributed by atoms with E-state index in [0.717, 1.165) is 23.3 Å². The van der Waals surface area contributed by atoms with E-state index in [1.165, 1.54) is 24.0 Å². The summed E-state index contributed by atoms with van der Waals surface area (Å²) in [6, 6.07) is 4.19. The highest BCUT2D eigenvalue weighted by Crippen LogP contribution is 2.38. The second-order valence-corrected chi connectivity index (χ2v) is 5.13. The molecule has 3 heteroatoms. The van der Waals surface area contributed by atoms with Crippen LogP contribution in [0.2, 0.25) is 0 Å². The molecule has 0 saturated carbocycles. The number of nitrogens with one attached hydrogen (secondary N) is 1. The summed E-state index contributed by atoms with van der Waals surface area (Å²) in [7, 11) is 1.72. The lowest BCUT2D eigenvalue weighted by atomic mass is 9.87. The van der Waals surface area contributed by atoms with Crippen molar-refractivity contribution < 1.29 is 4.74 Å². The average Bonchev–Trinajstić information content (AvgIpc) is 2.31. The Balaban J connectivity index is 2.37. The Labute approximate surface area is 106 Å². The van der Waals surface area contributed by atoms with Gasteiger partial charge in [0.05, 0.1) is 11.6 Å². The summed E-state index contributed by atoms with van der Waals surface area (Å²) in [6.07, 6.45) is 2.43. The third-order valence-electron chi connectivity index (χ3n) is 3.33. The number of piperidine rings is 1. The molecule has 2 rings (SSSR count). The van der Waals surface area contributed by atoms with Gasteiger partial charge in [0.25, 0.3) is 0 Å². The highest BCUT2D eigenvalue weighted by Gasteiger charge is 2.21. The lowest BCUT2D eigenvalue weighted by molar-refractivity contribution is 0.407. The van der Waals surface area contributed by atoms with Crippen molar-refractivity contribution >= 4 is 15.9 Å². The molecule has 88 valence electrons. The molecule has 1 aliphatic rings. The number of benzene rings is 1. The van der Waals surface area contributed by atoms with Gasteiger partial charge in [-0.3, -0.25) is 0 Å². The van der Waals surface area contributed by atoms with Crippen molar-refractivity contribution in [2.75, 3.05) is 20.2 Å². The van der Waals surface area contributed by atoms with E-state index < -0.39 is 0 Å². The van der Waals surface area contributed by atoms with E-state index in [-0.39, 0.29) is 0 Å². The maximum atomic E-state index is 5.37. The zero-order chi connectivity index (χ0) is 11.5. The molecule has 0 aromatic heterocycles. The SMILES string of the molecule is COc1ccc(C)c(C2CCNCC2)c1Br. The highest BCUT2D eigenvalue weighted by molar-refractivity contribution is 9.10. The number of hydrogen-bond donors (Lipinski definition) is 1. The Morgan fingerprint density at radius 2 is 2.00 bits per heavy atom. The molecule has 0 spiro atoms. The molecule has 0 unspecified atom stereocenters. The summed E-state index contributed by atoms with van der Waals surface area (Å²) < 4.78 is 6.51. The zero-order valence-corrected chi connectivity index (χ0v) is 11.4. The molecule has 0 atom stereocenters. The third-order valence-corrected chi connectivity index (χ3v) is 4.15. The fraction of sp³-hybridized carbons (Fsp3) is 0.538. The lowest BCUT2D eigenvalue weighted by Crippen LogP contribution is -2.27. The van der Waals surface area contributed by atoms with Crippen LogP contribution in [0.5, 0.6) is 5.75 Å². The van der Waals surface area contributed by atoms with Crippen LogP contribution in [0.4, 0.5) is 0 Å². The Morgan fingerprint density at radius 3 is 2.62 bits per heavy atom. The number of hydrogen-bond acceptors (Lipinski definition) is 2. The van der Waals surface area contributed by atoms with Crippen LogP contribution in [0.25, 0.3) is 0 Å². The number of methoxy groups -OCH3 is 1. The van der Waals surface area contributed by atoms with Gasteiger partial charge in [0.1, 0.15) is 5.75 Å². The number of ether oxygens (including phenoxy) is 1. The predicted molar refractivity (Wildman–Crippen MR) is 70.3 cm³/mol. The molecule has 1 aromatic rings. The van der Waals surface area contributed by atoms with Crippen molar-refractivity contribution in [3.05, 3.63) is 27.7 Å². The van der Waals surface area contributed by atoms with E-state index in [2.05, 4.69) is 34.2 Å². The van der Waals surface area contributed by atoms with Gasteiger partial charge in [0.2, 0.25) is 0 Å². The molecule has 1 aromatic carbocycles. The molecule has 16 heavy (non-hydrogen) atoms. The van der Waals surface area contributed by atoms with Crippen LogP contribution in [0.3, 0.4) is 0 Å². The summed E-state index contributed by atoms with van der Waals surface area (Å²) in [5.41, 5.74) is 2.79. The fourth-order valence-electron chi connectivity index (χ4n) is 2.44. The second-order valence-electron chi connectivity index (χ2n) is 4.34. The predicted octanol–water partition coefficient (Wildman–Crippen LogP) is 3.23. The van der Waals surface area contributed by atoms with Gasteiger partial charge in [-0.25, -0.2) is 0 Å². The van der Waals surface area contributed by atoms with Crippen LogP contribution in [-0.4, -0.2) is 20.2 Å². The standard InChI is InChI=1S/C13H18BrNO/c1-9-3-4-11(16-2)13(14)12(9)10-5-7-15-8-6-10/h3-4,10,15H,5-8H2,1-2H3. The molecule has 0 amide bonds. The first-order valence-corrected chi connectivity index (χ1v) is 6.57. The smallest absolute Gasteiger partial charge is 0.133 e. The average molecular weight is 284 g/mol. The largest absolute Gasteiger partial charge is 0.496 e. The summed E-state index contributed by atoms with van der Waals surface area (Å²) in [5.74, 6) is 1.60. The number of halogens is 1. The maximum absolute atomic E-state index is 5.37. The van der Waals surface area contributed by atoms with Gasteiger partial charge in [0, 0.05) is 0 Å². The topological polar surface area (TPSA) is 21.3 Å². The van der Waals surface area contributed by atoms with Crippen LogP contribution < -0.4 is 10.1 Å². The van der Waals surface area contributed by atoms with Gasteiger partial charge < -0.3 is 10.1 Å². The molecular weight excluding hydrogens is 266 g/mol. The molecule has 0 bridgehead atoms.